The molecule has 0 aliphatic rings. The largest absolute Gasteiger partial charge is 0.493 e. The first-order valence-electron chi connectivity index (χ1n) is 11.5. The summed E-state index contributed by atoms with van der Waals surface area (Å²) in [5.74, 6) is 0.313. The molecule has 0 aliphatic heterocycles. The summed E-state index contributed by atoms with van der Waals surface area (Å²) in [5.41, 5.74) is 2.44. The van der Waals surface area contributed by atoms with Crippen molar-refractivity contribution < 1.29 is 23.5 Å². The lowest BCUT2D eigenvalue weighted by Gasteiger charge is -2.27. The lowest BCUT2D eigenvalue weighted by atomic mass is 10.1. The Hall–Kier alpha value is -3.65. The third-order valence-electron chi connectivity index (χ3n) is 5.83. The second-order valence-corrected chi connectivity index (χ2v) is 9.26. The zero-order valence-electron chi connectivity index (χ0n) is 20.8. The van der Waals surface area contributed by atoms with Gasteiger partial charge in [0, 0.05) is 23.5 Å². The smallest absolute Gasteiger partial charge is 0.254 e. The zero-order valence-corrected chi connectivity index (χ0v) is 21.6. The number of rotatable bonds is 12. The Labute approximate surface area is 215 Å². The van der Waals surface area contributed by atoms with Crippen molar-refractivity contribution in [1.29, 1.82) is 0 Å². The Kier molecular flexibility index (Phi) is 9.64. The first kappa shape index (κ1) is 26.9. The molecule has 0 fully saturated rings. The summed E-state index contributed by atoms with van der Waals surface area (Å²) in [6, 6.07) is 13.0. The molecule has 36 heavy (non-hydrogen) atoms. The van der Waals surface area contributed by atoms with Gasteiger partial charge in [-0.25, -0.2) is 4.39 Å². The minimum absolute atomic E-state index is 0.113. The van der Waals surface area contributed by atoms with Crippen LogP contribution in [0.3, 0.4) is 0 Å². The van der Waals surface area contributed by atoms with E-state index in [4.69, 9.17) is 9.47 Å². The number of benzene rings is 2. The highest BCUT2D eigenvalue weighted by Gasteiger charge is 2.23. The summed E-state index contributed by atoms with van der Waals surface area (Å²) < 4.78 is 24.0. The quantitative estimate of drug-likeness (QED) is 0.318. The Morgan fingerprint density at radius 2 is 1.75 bits per heavy atom. The number of aryl methyl sites for hydroxylation is 1. The lowest BCUT2D eigenvalue weighted by molar-refractivity contribution is -0.132. The normalized spacial score (nSPS) is 10.6. The first-order valence-corrected chi connectivity index (χ1v) is 12.4. The van der Waals surface area contributed by atoms with Crippen LogP contribution in [0.25, 0.3) is 0 Å². The molecule has 2 amide bonds. The number of carbonyl (C=O) groups excluding carboxylic acids is 2. The molecule has 190 valence electrons. The van der Waals surface area contributed by atoms with Gasteiger partial charge in [-0.1, -0.05) is 12.1 Å². The Morgan fingerprint density at radius 1 is 1.03 bits per heavy atom. The Morgan fingerprint density at radius 3 is 2.36 bits per heavy atom. The van der Waals surface area contributed by atoms with Crippen LogP contribution in [-0.4, -0.2) is 55.5 Å². The predicted octanol–water partition coefficient (Wildman–Crippen LogP) is 5.11. The number of ether oxygens (including phenoxy) is 2. The molecule has 0 spiro atoms. The van der Waals surface area contributed by atoms with E-state index in [-0.39, 0.29) is 24.9 Å². The molecule has 1 heterocycles. The van der Waals surface area contributed by atoms with Crippen LogP contribution in [0.4, 0.5) is 4.39 Å². The van der Waals surface area contributed by atoms with Crippen molar-refractivity contribution in [1.82, 2.24) is 9.80 Å². The standard InChI is InChI=1S/C28H31FN2O4S/c1-5-14-31(28(33)22-7-9-23(29)10-8-22)19-27(32)30(18-26-20(2)13-16-36-26)15-12-21-6-11-24(34-3)25(17-21)35-4/h5-11,13,16-17H,1,12,14-15,18-19H2,2-4H3. The highest BCUT2D eigenvalue weighted by Crippen LogP contribution is 2.28. The maximum Gasteiger partial charge on any atom is 0.254 e. The highest BCUT2D eigenvalue weighted by atomic mass is 32.1. The average molecular weight is 511 g/mol. The van der Waals surface area contributed by atoms with Crippen molar-refractivity contribution in [3.05, 3.63) is 94.0 Å². The topological polar surface area (TPSA) is 59.1 Å². The van der Waals surface area contributed by atoms with Crippen LogP contribution in [-0.2, 0) is 17.8 Å². The maximum atomic E-state index is 13.5. The fraction of sp³-hybridized carbons (Fsp3) is 0.286. The molecule has 6 nitrogen and oxygen atoms in total. The number of halogens is 1. The molecule has 0 unspecified atom stereocenters. The Bertz CT molecular complexity index is 1190. The number of hydrogen-bond donors (Lipinski definition) is 0. The van der Waals surface area contributed by atoms with Crippen molar-refractivity contribution in [3.63, 3.8) is 0 Å². The molecule has 0 atom stereocenters. The molecule has 0 bridgehead atoms. The van der Waals surface area contributed by atoms with Gasteiger partial charge < -0.3 is 19.3 Å². The molecule has 0 saturated carbocycles. The van der Waals surface area contributed by atoms with Crippen molar-refractivity contribution in [2.24, 2.45) is 0 Å². The van der Waals surface area contributed by atoms with Crippen LogP contribution in [0.1, 0.15) is 26.4 Å². The van der Waals surface area contributed by atoms with Gasteiger partial charge in [0.25, 0.3) is 5.91 Å². The maximum absolute atomic E-state index is 13.5. The van der Waals surface area contributed by atoms with E-state index in [2.05, 4.69) is 6.58 Å². The van der Waals surface area contributed by atoms with Gasteiger partial charge in [0.05, 0.1) is 20.8 Å². The van der Waals surface area contributed by atoms with Crippen molar-refractivity contribution in [2.45, 2.75) is 19.9 Å². The fourth-order valence-electron chi connectivity index (χ4n) is 3.74. The monoisotopic (exact) mass is 510 g/mol. The van der Waals surface area contributed by atoms with E-state index in [1.54, 1.807) is 36.5 Å². The third kappa shape index (κ3) is 6.95. The Balaban J connectivity index is 1.79. The molecule has 0 aliphatic carbocycles. The van der Waals surface area contributed by atoms with Gasteiger partial charge in [0.15, 0.2) is 11.5 Å². The van der Waals surface area contributed by atoms with Crippen LogP contribution >= 0.6 is 11.3 Å². The van der Waals surface area contributed by atoms with E-state index in [1.807, 2.05) is 36.6 Å². The summed E-state index contributed by atoms with van der Waals surface area (Å²) in [7, 11) is 3.17. The SMILES string of the molecule is C=CCN(CC(=O)N(CCc1ccc(OC)c(OC)c1)Cc1sccc1C)C(=O)c1ccc(F)cc1. The number of amides is 2. The van der Waals surface area contributed by atoms with Crippen molar-refractivity contribution in [3.8, 4) is 11.5 Å². The minimum atomic E-state index is -0.425. The predicted molar refractivity (Wildman–Crippen MR) is 140 cm³/mol. The summed E-state index contributed by atoms with van der Waals surface area (Å²) in [6.45, 7) is 6.73. The number of methoxy groups -OCH3 is 2. The molecule has 3 aromatic rings. The second-order valence-electron chi connectivity index (χ2n) is 8.26. The van der Waals surface area contributed by atoms with Crippen LogP contribution in [0.5, 0.6) is 11.5 Å². The number of nitrogens with zero attached hydrogens (tertiary/aromatic N) is 2. The average Bonchev–Trinajstić information content (AvgIpc) is 3.29. The van der Waals surface area contributed by atoms with Crippen LogP contribution in [0, 0.1) is 12.7 Å². The summed E-state index contributed by atoms with van der Waals surface area (Å²) in [5, 5.41) is 2.00. The third-order valence-corrected chi connectivity index (χ3v) is 6.84. The van der Waals surface area contributed by atoms with E-state index in [1.165, 1.54) is 29.2 Å². The molecule has 1 aromatic heterocycles. The van der Waals surface area contributed by atoms with Crippen molar-refractivity contribution in [2.75, 3.05) is 33.9 Å². The van der Waals surface area contributed by atoms with Gasteiger partial charge >= 0.3 is 0 Å². The number of thiophene rings is 1. The van der Waals surface area contributed by atoms with E-state index in [0.717, 1.165) is 16.0 Å². The molecule has 8 heteroatoms. The molecular formula is C28H31FN2O4S. The zero-order chi connectivity index (χ0) is 26.1. The van der Waals surface area contributed by atoms with Gasteiger partial charge in [0.2, 0.25) is 5.91 Å². The molecule has 0 radical (unpaired) electrons. The van der Waals surface area contributed by atoms with Gasteiger partial charge in [-0.2, -0.15) is 0 Å². The highest BCUT2D eigenvalue weighted by molar-refractivity contribution is 7.10. The lowest BCUT2D eigenvalue weighted by Crippen LogP contribution is -2.43. The van der Waals surface area contributed by atoms with E-state index in [9.17, 15) is 14.0 Å². The van der Waals surface area contributed by atoms with E-state index < -0.39 is 5.82 Å². The summed E-state index contributed by atoms with van der Waals surface area (Å²) in [4.78, 5) is 30.8. The summed E-state index contributed by atoms with van der Waals surface area (Å²) in [6.07, 6.45) is 2.18. The summed E-state index contributed by atoms with van der Waals surface area (Å²) >= 11 is 1.60. The first-order chi connectivity index (χ1) is 17.4. The number of carbonyl (C=O) groups is 2. The van der Waals surface area contributed by atoms with E-state index >= 15 is 0 Å². The van der Waals surface area contributed by atoms with Gasteiger partial charge in [-0.3, -0.25) is 9.59 Å². The van der Waals surface area contributed by atoms with Gasteiger partial charge in [-0.05, 0) is 72.3 Å². The second kappa shape index (κ2) is 12.9. The fourth-order valence-corrected chi connectivity index (χ4v) is 4.67. The van der Waals surface area contributed by atoms with Gasteiger partial charge in [-0.15, -0.1) is 17.9 Å². The van der Waals surface area contributed by atoms with E-state index in [0.29, 0.717) is 36.6 Å². The number of hydrogen-bond acceptors (Lipinski definition) is 5. The van der Waals surface area contributed by atoms with Crippen LogP contribution < -0.4 is 9.47 Å². The van der Waals surface area contributed by atoms with Crippen molar-refractivity contribution >= 4 is 23.2 Å². The minimum Gasteiger partial charge on any atom is -0.493 e. The molecule has 2 aromatic carbocycles. The van der Waals surface area contributed by atoms with Crippen LogP contribution in [0.15, 0.2) is 66.6 Å². The molecular weight excluding hydrogens is 479 g/mol. The van der Waals surface area contributed by atoms with Crippen LogP contribution in [0.2, 0.25) is 0 Å². The molecule has 0 N–H and O–H groups in total. The van der Waals surface area contributed by atoms with Gasteiger partial charge in [0.1, 0.15) is 12.4 Å². The molecule has 0 saturated heterocycles. The molecule has 3 rings (SSSR count).